The summed E-state index contributed by atoms with van der Waals surface area (Å²) >= 11 is 0. The van der Waals surface area contributed by atoms with Gasteiger partial charge in [-0.15, -0.1) is 0 Å². The van der Waals surface area contributed by atoms with E-state index in [1.807, 2.05) is 18.5 Å². The van der Waals surface area contributed by atoms with Gasteiger partial charge in [-0.25, -0.2) is 0 Å². The first-order valence-electron chi connectivity index (χ1n) is 4.45. The Morgan fingerprint density at radius 3 is 2.42 bits per heavy atom. The fourth-order valence-electron chi connectivity index (χ4n) is 1.08. The maximum Gasteiger partial charge on any atom is 0.0305 e. The first-order chi connectivity index (χ1) is 5.55. The molecule has 0 bridgehead atoms. The summed E-state index contributed by atoms with van der Waals surface area (Å²) in [6.07, 6.45) is 3.78. The normalized spacial score (nSPS) is 12.1. The van der Waals surface area contributed by atoms with Crippen molar-refractivity contribution in [3.8, 4) is 0 Å². The minimum Gasteiger partial charge on any atom is -0.264 e. The standard InChI is InChI=1S/C11H17N/c1-9(2)11(3,4)10-6-5-7-12-8-10/h5-9H,1-4H3. The van der Waals surface area contributed by atoms with E-state index >= 15 is 0 Å². The summed E-state index contributed by atoms with van der Waals surface area (Å²) in [5.41, 5.74) is 1.55. The van der Waals surface area contributed by atoms with Crippen LogP contribution in [-0.2, 0) is 5.41 Å². The average molecular weight is 163 g/mol. The molecule has 0 radical (unpaired) electrons. The Hall–Kier alpha value is -0.850. The summed E-state index contributed by atoms with van der Waals surface area (Å²) in [4.78, 5) is 4.13. The van der Waals surface area contributed by atoms with Gasteiger partial charge >= 0.3 is 0 Å². The van der Waals surface area contributed by atoms with Gasteiger partial charge < -0.3 is 0 Å². The van der Waals surface area contributed by atoms with Crippen molar-refractivity contribution in [3.05, 3.63) is 30.1 Å². The van der Waals surface area contributed by atoms with Crippen LogP contribution in [0, 0.1) is 5.92 Å². The first-order valence-corrected chi connectivity index (χ1v) is 4.45. The van der Waals surface area contributed by atoms with E-state index in [0.29, 0.717) is 5.92 Å². The first kappa shape index (κ1) is 9.24. The highest BCUT2D eigenvalue weighted by atomic mass is 14.6. The Morgan fingerprint density at radius 1 is 1.33 bits per heavy atom. The van der Waals surface area contributed by atoms with E-state index in [2.05, 4.69) is 38.7 Å². The highest BCUT2D eigenvalue weighted by molar-refractivity contribution is 5.19. The van der Waals surface area contributed by atoms with E-state index in [-0.39, 0.29) is 5.41 Å². The van der Waals surface area contributed by atoms with Crippen molar-refractivity contribution in [1.82, 2.24) is 4.98 Å². The van der Waals surface area contributed by atoms with Gasteiger partial charge in [0.15, 0.2) is 0 Å². The maximum absolute atomic E-state index is 4.13. The van der Waals surface area contributed by atoms with Crippen LogP contribution in [0.5, 0.6) is 0 Å². The van der Waals surface area contributed by atoms with Crippen LogP contribution in [0.1, 0.15) is 33.3 Å². The lowest BCUT2D eigenvalue weighted by Gasteiger charge is -2.29. The highest BCUT2D eigenvalue weighted by Gasteiger charge is 2.24. The molecule has 0 saturated carbocycles. The molecule has 1 aromatic rings. The van der Waals surface area contributed by atoms with Crippen molar-refractivity contribution in [2.75, 3.05) is 0 Å². The van der Waals surface area contributed by atoms with Crippen LogP contribution in [0.3, 0.4) is 0 Å². The quantitative estimate of drug-likeness (QED) is 0.653. The number of aromatic nitrogens is 1. The molecule has 12 heavy (non-hydrogen) atoms. The van der Waals surface area contributed by atoms with Crippen LogP contribution in [-0.4, -0.2) is 4.98 Å². The largest absolute Gasteiger partial charge is 0.264 e. The van der Waals surface area contributed by atoms with Crippen LogP contribution in [0.25, 0.3) is 0 Å². The molecule has 0 aliphatic carbocycles. The van der Waals surface area contributed by atoms with Crippen molar-refractivity contribution in [3.63, 3.8) is 0 Å². The zero-order valence-corrected chi connectivity index (χ0v) is 8.33. The van der Waals surface area contributed by atoms with E-state index in [1.54, 1.807) is 0 Å². The molecule has 1 heteroatoms. The molecule has 1 heterocycles. The highest BCUT2D eigenvalue weighted by Crippen LogP contribution is 2.30. The van der Waals surface area contributed by atoms with E-state index in [0.717, 1.165) is 0 Å². The molecule has 0 spiro atoms. The van der Waals surface area contributed by atoms with Crippen LogP contribution in [0.15, 0.2) is 24.5 Å². The predicted octanol–water partition coefficient (Wildman–Crippen LogP) is 3.02. The van der Waals surface area contributed by atoms with E-state index < -0.39 is 0 Å². The van der Waals surface area contributed by atoms with Crippen LogP contribution >= 0.6 is 0 Å². The fourth-order valence-corrected chi connectivity index (χ4v) is 1.08. The molecule has 0 N–H and O–H groups in total. The number of nitrogens with zero attached hydrogens (tertiary/aromatic N) is 1. The topological polar surface area (TPSA) is 12.9 Å². The van der Waals surface area contributed by atoms with Gasteiger partial charge in [-0.05, 0) is 23.0 Å². The monoisotopic (exact) mass is 163 g/mol. The van der Waals surface area contributed by atoms with E-state index in [9.17, 15) is 0 Å². The Morgan fingerprint density at radius 2 is 2.00 bits per heavy atom. The second-order valence-electron chi connectivity index (χ2n) is 4.12. The smallest absolute Gasteiger partial charge is 0.0305 e. The summed E-state index contributed by atoms with van der Waals surface area (Å²) in [6, 6.07) is 4.15. The van der Waals surface area contributed by atoms with Gasteiger partial charge in [0.2, 0.25) is 0 Å². The predicted molar refractivity (Wildman–Crippen MR) is 52.1 cm³/mol. The van der Waals surface area contributed by atoms with Gasteiger partial charge in [-0.1, -0.05) is 33.8 Å². The summed E-state index contributed by atoms with van der Waals surface area (Å²) < 4.78 is 0. The molecule has 0 aliphatic heterocycles. The third kappa shape index (κ3) is 1.66. The molecule has 0 saturated heterocycles. The fraction of sp³-hybridized carbons (Fsp3) is 0.545. The number of hydrogen-bond acceptors (Lipinski definition) is 1. The number of rotatable bonds is 2. The Labute approximate surface area is 74.8 Å². The van der Waals surface area contributed by atoms with E-state index in [4.69, 9.17) is 0 Å². The van der Waals surface area contributed by atoms with Crippen molar-refractivity contribution in [2.24, 2.45) is 5.92 Å². The third-order valence-electron chi connectivity index (χ3n) is 2.85. The van der Waals surface area contributed by atoms with Gasteiger partial charge in [-0.3, -0.25) is 4.98 Å². The second kappa shape index (κ2) is 3.26. The number of hydrogen-bond donors (Lipinski definition) is 0. The third-order valence-corrected chi connectivity index (χ3v) is 2.85. The van der Waals surface area contributed by atoms with Crippen LogP contribution < -0.4 is 0 Å². The molecule has 0 aliphatic rings. The molecule has 0 atom stereocenters. The molecule has 0 fully saturated rings. The van der Waals surface area contributed by atoms with Crippen LogP contribution in [0.4, 0.5) is 0 Å². The molecule has 0 unspecified atom stereocenters. The Balaban J connectivity index is 2.98. The molecule has 1 aromatic heterocycles. The Kier molecular flexibility index (Phi) is 2.51. The SMILES string of the molecule is CC(C)C(C)(C)c1cccnc1. The minimum atomic E-state index is 0.230. The van der Waals surface area contributed by atoms with Gasteiger partial charge in [0.25, 0.3) is 0 Å². The Bertz CT molecular complexity index is 236. The lowest BCUT2D eigenvalue weighted by molar-refractivity contribution is 0.371. The maximum atomic E-state index is 4.13. The second-order valence-corrected chi connectivity index (χ2v) is 4.12. The molecular weight excluding hydrogens is 146 g/mol. The average Bonchev–Trinajstić information content (AvgIpc) is 2.06. The lowest BCUT2D eigenvalue weighted by atomic mass is 9.76. The number of pyridine rings is 1. The van der Waals surface area contributed by atoms with Gasteiger partial charge in [0, 0.05) is 12.4 Å². The summed E-state index contributed by atoms with van der Waals surface area (Å²) in [6.45, 7) is 9.00. The zero-order valence-electron chi connectivity index (χ0n) is 8.33. The van der Waals surface area contributed by atoms with Gasteiger partial charge in [0.05, 0.1) is 0 Å². The van der Waals surface area contributed by atoms with Crippen molar-refractivity contribution in [2.45, 2.75) is 33.1 Å². The molecule has 1 nitrogen and oxygen atoms in total. The molecule has 0 aromatic carbocycles. The van der Waals surface area contributed by atoms with Crippen molar-refractivity contribution >= 4 is 0 Å². The molecular formula is C11H17N. The van der Waals surface area contributed by atoms with Gasteiger partial charge in [0.1, 0.15) is 0 Å². The van der Waals surface area contributed by atoms with Gasteiger partial charge in [-0.2, -0.15) is 0 Å². The van der Waals surface area contributed by atoms with Crippen LogP contribution in [0.2, 0.25) is 0 Å². The summed E-state index contributed by atoms with van der Waals surface area (Å²) in [5.74, 6) is 0.640. The summed E-state index contributed by atoms with van der Waals surface area (Å²) in [5, 5.41) is 0. The zero-order chi connectivity index (χ0) is 9.19. The van der Waals surface area contributed by atoms with Crippen molar-refractivity contribution < 1.29 is 0 Å². The molecule has 66 valence electrons. The summed E-state index contributed by atoms with van der Waals surface area (Å²) in [7, 11) is 0. The minimum absolute atomic E-state index is 0.230. The lowest BCUT2D eigenvalue weighted by Crippen LogP contribution is -2.24. The van der Waals surface area contributed by atoms with Crippen molar-refractivity contribution in [1.29, 1.82) is 0 Å². The molecule has 0 amide bonds. The molecule has 1 rings (SSSR count). The van der Waals surface area contributed by atoms with E-state index in [1.165, 1.54) is 5.56 Å².